The van der Waals surface area contributed by atoms with Gasteiger partial charge in [0.05, 0.1) is 18.1 Å². The fourth-order valence-electron chi connectivity index (χ4n) is 3.21. The molecule has 0 aromatic rings. The summed E-state index contributed by atoms with van der Waals surface area (Å²) >= 11 is 0. The van der Waals surface area contributed by atoms with Crippen molar-refractivity contribution in [2.75, 3.05) is 32.9 Å². The van der Waals surface area contributed by atoms with Crippen LogP contribution in [0.5, 0.6) is 0 Å². The van der Waals surface area contributed by atoms with Crippen LogP contribution < -0.4 is 5.73 Å². The third kappa shape index (κ3) is 3.09. The predicted molar refractivity (Wildman–Crippen MR) is 72.6 cm³/mol. The van der Waals surface area contributed by atoms with E-state index in [-0.39, 0.29) is 18.6 Å². The van der Waals surface area contributed by atoms with E-state index < -0.39 is 5.41 Å². The van der Waals surface area contributed by atoms with Gasteiger partial charge in [0.25, 0.3) is 0 Å². The zero-order valence-corrected chi connectivity index (χ0v) is 11.6. The van der Waals surface area contributed by atoms with Gasteiger partial charge in [-0.3, -0.25) is 4.79 Å². The summed E-state index contributed by atoms with van der Waals surface area (Å²) in [4.78, 5) is 14.8. The molecule has 5 heteroatoms. The molecule has 2 fully saturated rings. The van der Waals surface area contributed by atoms with Crippen molar-refractivity contribution in [2.45, 2.75) is 44.6 Å². The van der Waals surface area contributed by atoms with Crippen molar-refractivity contribution >= 4 is 5.91 Å². The summed E-state index contributed by atoms with van der Waals surface area (Å²) in [6.07, 6.45) is 5.57. The number of nitrogens with zero attached hydrogens (tertiary/aromatic N) is 1. The Kier molecular flexibility index (Phi) is 5.19. The highest BCUT2D eigenvalue weighted by Gasteiger charge is 2.43. The Morgan fingerprint density at radius 1 is 1.32 bits per heavy atom. The van der Waals surface area contributed by atoms with Crippen LogP contribution in [0.15, 0.2) is 0 Å². The van der Waals surface area contributed by atoms with Crippen molar-refractivity contribution in [2.24, 2.45) is 11.1 Å². The summed E-state index contributed by atoms with van der Waals surface area (Å²) in [6.45, 7) is 2.42. The van der Waals surface area contributed by atoms with Gasteiger partial charge in [-0.05, 0) is 25.7 Å². The molecule has 2 saturated heterocycles. The number of hydrogen-bond donors (Lipinski definition) is 2. The van der Waals surface area contributed by atoms with Crippen molar-refractivity contribution in [3.05, 3.63) is 0 Å². The monoisotopic (exact) mass is 270 g/mol. The number of ether oxygens (including phenoxy) is 1. The number of carbonyl (C=O) groups excluding carboxylic acids is 1. The number of amides is 1. The van der Waals surface area contributed by atoms with E-state index in [2.05, 4.69) is 0 Å². The van der Waals surface area contributed by atoms with Gasteiger partial charge in [0.1, 0.15) is 0 Å². The average molecular weight is 270 g/mol. The molecular formula is C14H26N2O3. The second-order valence-electron chi connectivity index (χ2n) is 5.78. The quantitative estimate of drug-likeness (QED) is 0.783. The molecule has 3 N–H and O–H groups in total. The molecule has 19 heavy (non-hydrogen) atoms. The molecule has 0 aliphatic carbocycles. The van der Waals surface area contributed by atoms with Gasteiger partial charge >= 0.3 is 0 Å². The van der Waals surface area contributed by atoms with Crippen molar-refractivity contribution in [1.82, 2.24) is 4.90 Å². The van der Waals surface area contributed by atoms with Crippen LogP contribution in [0.3, 0.4) is 0 Å². The van der Waals surface area contributed by atoms with E-state index in [1.165, 1.54) is 0 Å². The zero-order valence-electron chi connectivity index (χ0n) is 11.6. The van der Waals surface area contributed by atoms with Gasteiger partial charge in [0.2, 0.25) is 5.91 Å². The topological polar surface area (TPSA) is 75.8 Å². The highest BCUT2D eigenvalue weighted by Crippen LogP contribution is 2.33. The largest absolute Gasteiger partial charge is 0.394 e. The van der Waals surface area contributed by atoms with Crippen LogP contribution in [0.4, 0.5) is 0 Å². The van der Waals surface area contributed by atoms with E-state index in [1.54, 1.807) is 0 Å². The van der Waals surface area contributed by atoms with Crippen LogP contribution in [-0.4, -0.2) is 54.9 Å². The normalized spacial score (nSPS) is 27.9. The molecule has 2 rings (SSSR count). The molecule has 1 atom stereocenters. The molecule has 1 unspecified atom stereocenters. The van der Waals surface area contributed by atoms with E-state index in [1.807, 2.05) is 4.90 Å². The van der Waals surface area contributed by atoms with E-state index in [9.17, 15) is 9.90 Å². The summed E-state index contributed by atoms with van der Waals surface area (Å²) in [5.74, 6) is 0.138. The first kappa shape index (κ1) is 14.8. The van der Waals surface area contributed by atoms with Crippen molar-refractivity contribution in [3.8, 4) is 0 Å². The number of rotatable bonds is 3. The van der Waals surface area contributed by atoms with E-state index in [0.717, 1.165) is 32.2 Å². The first-order valence-electron chi connectivity index (χ1n) is 7.43. The first-order chi connectivity index (χ1) is 9.23. The molecule has 0 bridgehead atoms. The van der Waals surface area contributed by atoms with Crippen LogP contribution in [0.25, 0.3) is 0 Å². The van der Waals surface area contributed by atoms with Crippen LogP contribution in [0, 0.1) is 5.41 Å². The van der Waals surface area contributed by atoms with Gasteiger partial charge in [-0.25, -0.2) is 0 Å². The number of aliphatic hydroxyl groups is 1. The van der Waals surface area contributed by atoms with Gasteiger partial charge < -0.3 is 20.5 Å². The highest BCUT2D eigenvalue weighted by atomic mass is 16.5. The number of hydrogen-bond acceptors (Lipinski definition) is 4. The molecule has 0 radical (unpaired) electrons. The summed E-state index contributed by atoms with van der Waals surface area (Å²) < 4.78 is 5.37. The van der Waals surface area contributed by atoms with Gasteiger partial charge in [0.15, 0.2) is 0 Å². The van der Waals surface area contributed by atoms with Crippen molar-refractivity contribution in [3.63, 3.8) is 0 Å². The van der Waals surface area contributed by atoms with E-state index in [0.29, 0.717) is 32.6 Å². The molecular weight excluding hydrogens is 244 g/mol. The second kappa shape index (κ2) is 6.68. The molecule has 110 valence electrons. The number of nitrogens with two attached hydrogens (primary N) is 1. The lowest BCUT2D eigenvalue weighted by molar-refractivity contribution is -0.150. The maximum Gasteiger partial charge on any atom is 0.230 e. The van der Waals surface area contributed by atoms with Gasteiger partial charge in [-0.15, -0.1) is 0 Å². The minimum absolute atomic E-state index is 0.0266. The first-order valence-corrected chi connectivity index (χ1v) is 7.43. The lowest BCUT2D eigenvalue weighted by Crippen LogP contribution is -2.54. The van der Waals surface area contributed by atoms with Crippen molar-refractivity contribution < 1.29 is 14.6 Å². The number of likely N-dealkylation sites (tertiary alicyclic amines) is 1. The molecule has 0 spiro atoms. The minimum Gasteiger partial charge on any atom is -0.394 e. The highest BCUT2D eigenvalue weighted by molar-refractivity contribution is 5.83. The van der Waals surface area contributed by atoms with Crippen LogP contribution in [0.2, 0.25) is 0 Å². The molecule has 2 heterocycles. The summed E-state index contributed by atoms with van der Waals surface area (Å²) in [5, 5.41) is 9.54. The summed E-state index contributed by atoms with van der Waals surface area (Å²) in [5.41, 5.74) is 5.44. The fraction of sp³-hybridized carbons (Fsp3) is 0.929. The van der Waals surface area contributed by atoms with Crippen LogP contribution in [0.1, 0.15) is 38.5 Å². The minimum atomic E-state index is -0.462. The Morgan fingerprint density at radius 2 is 2.05 bits per heavy atom. The molecule has 0 saturated carbocycles. The lowest BCUT2D eigenvalue weighted by atomic mass is 9.78. The molecule has 0 aromatic heterocycles. The summed E-state index contributed by atoms with van der Waals surface area (Å²) in [6, 6.07) is -0.0266. The van der Waals surface area contributed by atoms with Gasteiger partial charge in [0, 0.05) is 26.3 Å². The molecule has 0 aromatic carbocycles. The van der Waals surface area contributed by atoms with Crippen LogP contribution in [-0.2, 0) is 9.53 Å². The molecule has 2 aliphatic rings. The maximum atomic E-state index is 12.9. The maximum absolute atomic E-state index is 12.9. The smallest absolute Gasteiger partial charge is 0.230 e. The Labute approximate surface area is 115 Å². The predicted octanol–water partition coefficient (Wildman–Crippen LogP) is 0.505. The SMILES string of the molecule is NCC1(C(=O)N2CCCCCC2CO)CCOCC1. The standard InChI is InChI=1S/C14H26N2O3/c15-11-14(5-8-19-9-6-14)13(18)16-7-3-1-2-4-12(16)10-17/h12,17H,1-11,15H2. The second-order valence-corrected chi connectivity index (χ2v) is 5.78. The molecule has 5 nitrogen and oxygen atoms in total. The Bertz CT molecular complexity index is 303. The van der Waals surface area contributed by atoms with Crippen LogP contribution >= 0.6 is 0 Å². The zero-order chi connectivity index (χ0) is 13.7. The average Bonchev–Trinajstić information content (AvgIpc) is 2.72. The third-order valence-corrected chi connectivity index (χ3v) is 4.64. The Hall–Kier alpha value is -0.650. The molecule has 2 aliphatic heterocycles. The molecule has 1 amide bonds. The third-order valence-electron chi connectivity index (χ3n) is 4.64. The fourth-order valence-corrected chi connectivity index (χ4v) is 3.21. The van der Waals surface area contributed by atoms with Gasteiger partial charge in [-0.1, -0.05) is 12.8 Å². The Balaban J connectivity index is 2.14. The van der Waals surface area contributed by atoms with Crippen molar-refractivity contribution in [1.29, 1.82) is 0 Å². The summed E-state index contributed by atoms with van der Waals surface area (Å²) in [7, 11) is 0. The number of carbonyl (C=O) groups is 1. The lowest BCUT2D eigenvalue weighted by Gasteiger charge is -2.41. The van der Waals surface area contributed by atoms with E-state index >= 15 is 0 Å². The van der Waals surface area contributed by atoms with Gasteiger partial charge in [-0.2, -0.15) is 0 Å². The van der Waals surface area contributed by atoms with E-state index in [4.69, 9.17) is 10.5 Å². The number of aliphatic hydroxyl groups excluding tert-OH is 1. The Morgan fingerprint density at radius 3 is 2.68 bits per heavy atom.